The number of phenols is 1. The predicted molar refractivity (Wildman–Crippen MR) is 118 cm³/mol. The molecule has 5 nitrogen and oxygen atoms in total. The van der Waals surface area contributed by atoms with E-state index in [-0.39, 0.29) is 23.6 Å². The number of allylic oxidation sites excluding steroid dienone is 3. The third-order valence-corrected chi connectivity index (χ3v) is 5.91. The lowest BCUT2D eigenvalue weighted by atomic mass is 9.68. The highest BCUT2D eigenvalue weighted by molar-refractivity contribution is 5.96. The topological polar surface area (TPSA) is 75.6 Å². The first-order valence-corrected chi connectivity index (χ1v) is 10.6. The number of carbonyl (C=O) groups is 2. The summed E-state index contributed by atoms with van der Waals surface area (Å²) in [6, 6.07) is 16.7. The number of rotatable bonds is 4. The van der Waals surface area contributed by atoms with Gasteiger partial charge in [0, 0.05) is 29.7 Å². The SMILES string of the molecule is CC1=C(C(=O)OC(C)C)C(c2ccc(O)cc2)C2C(=O)CC(c3ccccc3)C=C2N1. The summed E-state index contributed by atoms with van der Waals surface area (Å²) in [5.41, 5.74) is 3.87. The van der Waals surface area contributed by atoms with Crippen LogP contribution in [-0.2, 0) is 14.3 Å². The van der Waals surface area contributed by atoms with Gasteiger partial charge in [-0.3, -0.25) is 4.79 Å². The smallest absolute Gasteiger partial charge is 0.336 e. The molecule has 0 spiro atoms. The fourth-order valence-electron chi connectivity index (χ4n) is 4.58. The standard InChI is InChI=1S/C26H27NO4/c1-15(2)31-26(30)23-16(3)27-21-13-19(17-7-5-4-6-8-17)14-22(29)25(21)24(23)18-9-11-20(28)12-10-18/h4-13,15,19,24-25,27-28H,14H2,1-3H3. The minimum Gasteiger partial charge on any atom is -0.508 e. The summed E-state index contributed by atoms with van der Waals surface area (Å²) >= 11 is 0. The van der Waals surface area contributed by atoms with Crippen LogP contribution in [0.15, 0.2) is 77.6 Å². The Kier molecular flexibility index (Phi) is 5.68. The Morgan fingerprint density at radius 3 is 2.35 bits per heavy atom. The molecule has 3 atom stereocenters. The fourth-order valence-corrected chi connectivity index (χ4v) is 4.58. The maximum absolute atomic E-state index is 13.5. The van der Waals surface area contributed by atoms with Gasteiger partial charge in [-0.1, -0.05) is 48.5 Å². The number of ether oxygens (including phenoxy) is 1. The van der Waals surface area contributed by atoms with Crippen LogP contribution in [0.3, 0.4) is 0 Å². The molecule has 160 valence electrons. The Labute approximate surface area is 182 Å². The lowest BCUT2D eigenvalue weighted by molar-refractivity contribution is -0.143. The van der Waals surface area contributed by atoms with Gasteiger partial charge >= 0.3 is 5.97 Å². The van der Waals surface area contributed by atoms with Crippen LogP contribution < -0.4 is 5.32 Å². The lowest BCUT2D eigenvalue weighted by Gasteiger charge is -2.39. The molecule has 0 fully saturated rings. The highest BCUT2D eigenvalue weighted by atomic mass is 16.5. The monoisotopic (exact) mass is 417 g/mol. The van der Waals surface area contributed by atoms with Gasteiger partial charge in [-0.05, 0) is 44.0 Å². The van der Waals surface area contributed by atoms with Crippen molar-refractivity contribution in [2.24, 2.45) is 5.92 Å². The van der Waals surface area contributed by atoms with Gasteiger partial charge in [0.1, 0.15) is 11.5 Å². The Morgan fingerprint density at radius 2 is 1.71 bits per heavy atom. The van der Waals surface area contributed by atoms with E-state index in [0.29, 0.717) is 17.7 Å². The van der Waals surface area contributed by atoms with Crippen molar-refractivity contribution in [3.63, 3.8) is 0 Å². The van der Waals surface area contributed by atoms with E-state index in [4.69, 9.17) is 4.74 Å². The molecule has 1 aliphatic heterocycles. The normalized spacial score (nSPS) is 23.2. The van der Waals surface area contributed by atoms with E-state index >= 15 is 0 Å². The number of carbonyl (C=O) groups excluding carboxylic acids is 2. The van der Waals surface area contributed by atoms with Crippen molar-refractivity contribution in [3.05, 3.63) is 88.8 Å². The molecule has 0 aromatic heterocycles. The van der Waals surface area contributed by atoms with Crippen LogP contribution in [0.2, 0.25) is 0 Å². The summed E-state index contributed by atoms with van der Waals surface area (Å²) in [6.07, 6.45) is 2.22. The van der Waals surface area contributed by atoms with E-state index in [1.807, 2.05) is 37.3 Å². The Morgan fingerprint density at radius 1 is 1.03 bits per heavy atom. The number of ketones is 1. The molecule has 4 rings (SSSR count). The molecule has 0 radical (unpaired) electrons. The van der Waals surface area contributed by atoms with Crippen molar-refractivity contribution in [2.75, 3.05) is 0 Å². The first-order chi connectivity index (χ1) is 14.8. The summed E-state index contributed by atoms with van der Waals surface area (Å²) in [5, 5.41) is 13.1. The maximum atomic E-state index is 13.5. The van der Waals surface area contributed by atoms with Crippen molar-refractivity contribution < 1.29 is 19.4 Å². The number of hydrogen-bond donors (Lipinski definition) is 2. The largest absolute Gasteiger partial charge is 0.508 e. The third kappa shape index (κ3) is 4.13. The van der Waals surface area contributed by atoms with Gasteiger partial charge in [-0.15, -0.1) is 0 Å². The third-order valence-electron chi connectivity index (χ3n) is 5.91. The highest BCUT2D eigenvalue weighted by Crippen LogP contribution is 2.46. The number of hydrogen-bond acceptors (Lipinski definition) is 5. The molecule has 0 saturated carbocycles. The Hall–Kier alpha value is -3.34. The highest BCUT2D eigenvalue weighted by Gasteiger charge is 2.45. The number of phenolic OH excluding ortho intramolecular Hbond substituents is 1. The van der Waals surface area contributed by atoms with Gasteiger partial charge in [0.15, 0.2) is 0 Å². The molecule has 5 heteroatoms. The summed E-state index contributed by atoms with van der Waals surface area (Å²) < 4.78 is 5.52. The van der Waals surface area contributed by atoms with E-state index in [2.05, 4.69) is 11.4 Å². The number of nitrogens with one attached hydrogen (secondary N) is 1. The van der Waals surface area contributed by atoms with Gasteiger partial charge in [-0.25, -0.2) is 4.79 Å². The van der Waals surface area contributed by atoms with Crippen molar-refractivity contribution in [1.82, 2.24) is 5.32 Å². The van der Waals surface area contributed by atoms with E-state index in [1.165, 1.54) is 0 Å². The number of Topliss-reactive ketones (excluding diaryl/α,β-unsaturated/α-hetero) is 1. The molecular formula is C26H27NO4. The molecule has 2 aliphatic rings. The van der Waals surface area contributed by atoms with Gasteiger partial charge in [0.25, 0.3) is 0 Å². The van der Waals surface area contributed by atoms with Gasteiger partial charge in [0.2, 0.25) is 0 Å². The molecular weight excluding hydrogens is 390 g/mol. The Balaban J connectivity index is 1.82. The zero-order chi connectivity index (χ0) is 22.1. The minimum atomic E-state index is -0.497. The molecule has 1 heterocycles. The van der Waals surface area contributed by atoms with E-state index in [1.54, 1.807) is 38.1 Å². The molecule has 3 unspecified atom stereocenters. The fraction of sp³-hybridized carbons (Fsp3) is 0.308. The van der Waals surface area contributed by atoms with Crippen molar-refractivity contribution in [1.29, 1.82) is 0 Å². The van der Waals surface area contributed by atoms with Crippen LogP contribution in [0.4, 0.5) is 0 Å². The van der Waals surface area contributed by atoms with E-state index in [0.717, 1.165) is 16.8 Å². The number of benzene rings is 2. The second-order valence-corrected chi connectivity index (χ2v) is 8.47. The van der Waals surface area contributed by atoms with E-state index < -0.39 is 17.8 Å². The molecule has 2 aromatic carbocycles. The van der Waals surface area contributed by atoms with Crippen molar-refractivity contribution in [2.45, 2.75) is 45.1 Å². The average Bonchev–Trinajstić information content (AvgIpc) is 2.73. The van der Waals surface area contributed by atoms with Gasteiger partial charge < -0.3 is 15.2 Å². The molecule has 2 aromatic rings. The van der Waals surface area contributed by atoms with Gasteiger partial charge in [-0.2, -0.15) is 0 Å². The Bertz CT molecular complexity index is 1050. The van der Waals surface area contributed by atoms with Crippen LogP contribution in [0.25, 0.3) is 0 Å². The summed E-state index contributed by atoms with van der Waals surface area (Å²) in [4.78, 5) is 26.5. The van der Waals surface area contributed by atoms with Crippen LogP contribution in [0, 0.1) is 5.92 Å². The van der Waals surface area contributed by atoms with Crippen LogP contribution in [-0.4, -0.2) is 23.0 Å². The first-order valence-electron chi connectivity index (χ1n) is 10.6. The van der Waals surface area contributed by atoms with Crippen LogP contribution >= 0.6 is 0 Å². The minimum absolute atomic E-state index is 0.00937. The lowest BCUT2D eigenvalue weighted by Crippen LogP contribution is -2.42. The molecule has 1 aliphatic carbocycles. The van der Waals surface area contributed by atoms with E-state index in [9.17, 15) is 14.7 Å². The maximum Gasteiger partial charge on any atom is 0.336 e. The first kappa shape index (κ1) is 20.9. The number of fused-ring (bicyclic) bond motifs is 1. The summed E-state index contributed by atoms with van der Waals surface area (Å²) in [6.45, 7) is 5.46. The molecule has 0 bridgehead atoms. The summed E-state index contributed by atoms with van der Waals surface area (Å²) in [5.74, 6) is -1.18. The quantitative estimate of drug-likeness (QED) is 0.713. The second-order valence-electron chi connectivity index (χ2n) is 8.47. The number of esters is 1. The van der Waals surface area contributed by atoms with Crippen LogP contribution in [0.5, 0.6) is 5.75 Å². The van der Waals surface area contributed by atoms with Crippen LogP contribution in [0.1, 0.15) is 50.2 Å². The predicted octanol–water partition coefficient (Wildman–Crippen LogP) is 4.56. The summed E-state index contributed by atoms with van der Waals surface area (Å²) in [7, 11) is 0. The zero-order valence-electron chi connectivity index (χ0n) is 18.0. The second kappa shape index (κ2) is 8.42. The molecule has 0 saturated heterocycles. The molecule has 2 N–H and O–H groups in total. The van der Waals surface area contributed by atoms with Crippen molar-refractivity contribution in [3.8, 4) is 5.75 Å². The van der Waals surface area contributed by atoms with Crippen molar-refractivity contribution >= 4 is 11.8 Å². The zero-order valence-corrected chi connectivity index (χ0v) is 18.0. The number of aromatic hydroxyl groups is 1. The van der Waals surface area contributed by atoms with Gasteiger partial charge in [0.05, 0.1) is 17.6 Å². The molecule has 31 heavy (non-hydrogen) atoms. The average molecular weight is 418 g/mol. The molecule has 0 amide bonds.